The van der Waals surface area contributed by atoms with Gasteiger partial charge in [-0.1, -0.05) is 32.8 Å². The molecular weight excluding hydrogens is 250 g/mol. The van der Waals surface area contributed by atoms with Gasteiger partial charge in [-0.15, -0.1) is 0 Å². The van der Waals surface area contributed by atoms with Gasteiger partial charge in [0.2, 0.25) is 0 Å². The molecule has 3 heteroatoms. The fraction of sp³-hybridized carbons (Fsp3) is 0.647. The second kappa shape index (κ2) is 6.98. The maximum Gasteiger partial charge on any atom is 0.121 e. The number of anilines is 1. The van der Waals surface area contributed by atoms with Crippen molar-refractivity contribution in [1.82, 2.24) is 0 Å². The first-order valence-corrected chi connectivity index (χ1v) is 7.60. The second-order valence-corrected chi connectivity index (χ2v) is 6.30. The molecule has 2 rings (SSSR count). The lowest BCUT2D eigenvalue weighted by Gasteiger charge is -2.39. The van der Waals surface area contributed by atoms with E-state index in [4.69, 9.17) is 9.47 Å². The van der Waals surface area contributed by atoms with Crippen molar-refractivity contribution in [3.63, 3.8) is 0 Å². The minimum absolute atomic E-state index is 0.366. The summed E-state index contributed by atoms with van der Waals surface area (Å²) in [6, 6.07) is 8.78. The van der Waals surface area contributed by atoms with E-state index in [0.29, 0.717) is 24.7 Å². The quantitative estimate of drug-likeness (QED) is 0.794. The third kappa shape index (κ3) is 4.14. The minimum atomic E-state index is 0.366. The van der Waals surface area contributed by atoms with Crippen molar-refractivity contribution in [2.24, 2.45) is 5.41 Å². The zero-order valence-electron chi connectivity index (χ0n) is 12.9. The molecule has 1 unspecified atom stereocenters. The third-order valence-electron chi connectivity index (χ3n) is 4.24. The van der Waals surface area contributed by atoms with E-state index in [9.17, 15) is 0 Å². The molecule has 112 valence electrons. The van der Waals surface area contributed by atoms with E-state index < -0.39 is 0 Å². The van der Waals surface area contributed by atoms with E-state index in [0.717, 1.165) is 11.4 Å². The van der Waals surface area contributed by atoms with Gasteiger partial charge in [0.15, 0.2) is 0 Å². The van der Waals surface area contributed by atoms with Gasteiger partial charge >= 0.3 is 0 Å². The fourth-order valence-electron chi connectivity index (χ4n) is 2.88. The van der Waals surface area contributed by atoms with E-state index in [-0.39, 0.29) is 0 Å². The molecule has 0 aliphatic heterocycles. The molecule has 0 saturated heterocycles. The molecule has 0 amide bonds. The van der Waals surface area contributed by atoms with E-state index >= 15 is 0 Å². The van der Waals surface area contributed by atoms with Crippen molar-refractivity contribution in [3.8, 4) is 5.75 Å². The monoisotopic (exact) mass is 277 g/mol. The van der Waals surface area contributed by atoms with Crippen LogP contribution in [0.3, 0.4) is 0 Å². The molecule has 1 aliphatic carbocycles. The summed E-state index contributed by atoms with van der Waals surface area (Å²) in [6.07, 6.45) is 5.23. The summed E-state index contributed by atoms with van der Waals surface area (Å²) in [5.41, 5.74) is 1.52. The summed E-state index contributed by atoms with van der Waals surface area (Å²) in [5.74, 6) is 0.903. The number of hydrogen-bond acceptors (Lipinski definition) is 3. The fourth-order valence-corrected chi connectivity index (χ4v) is 2.88. The normalized spacial score (nSPS) is 21.4. The Hall–Kier alpha value is -1.22. The number of nitrogens with one attached hydrogen (secondary N) is 1. The molecule has 1 aliphatic rings. The molecule has 0 bridgehead atoms. The van der Waals surface area contributed by atoms with Crippen molar-refractivity contribution in [2.75, 3.05) is 25.6 Å². The lowest BCUT2D eigenvalue weighted by atomic mass is 9.73. The maximum atomic E-state index is 5.66. The van der Waals surface area contributed by atoms with Crippen molar-refractivity contribution in [1.29, 1.82) is 0 Å². The first-order chi connectivity index (χ1) is 9.62. The smallest absolute Gasteiger partial charge is 0.121 e. The van der Waals surface area contributed by atoms with Crippen LogP contribution in [0, 0.1) is 5.41 Å². The summed E-state index contributed by atoms with van der Waals surface area (Å²) in [6.45, 7) is 5.94. The average Bonchev–Trinajstić information content (AvgIpc) is 2.42. The first-order valence-electron chi connectivity index (χ1n) is 7.60. The third-order valence-corrected chi connectivity index (χ3v) is 4.24. The highest BCUT2D eigenvalue weighted by molar-refractivity contribution is 5.49. The minimum Gasteiger partial charge on any atom is -0.491 e. The number of benzene rings is 1. The highest BCUT2D eigenvalue weighted by Crippen LogP contribution is 2.37. The Balaban J connectivity index is 1.96. The molecule has 1 fully saturated rings. The summed E-state index contributed by atoms with van der Waals surface area (Å²) in [4.78, 5) is 0. The molecule has 1 saturated carbocycles. The predicted molar refractivity (Wildman–Crippen MR) is 83.5 cm³/mol. The highest BCUT2D eigenvalue weighted by atomic mass is 16.5. The molecule has 20 heavy (non-hydrogen) atoms. The molecule has 1 atom stereocenters. The van der Waals surface area contributed by atoms with Gasteiger partial charge in [0.25, 0.3) is 0 Å². The Morgan fingerprint density at radius 1 is 1.25 bits per heavy atom. The van der Waals surface area contributed by atoms with Gasteiger partial charge in [0, 0.05) is 24.9 Å². The molecule has 0 heterocycles. The van der Waals surface area contributed by atoms with E-state index in [1.54, 1.807) is 7.11 Å². The topological polar surface area (TPSA) is 30.5 Å². The largest absolute Gasteiger partial charge is 0.491 e. The van der Waals surface area contributed by atoms with Crippen LogP contribution in [0.5, 0.6) is 5.75 Å². The van der Waals surface area contributed by atoms with E-state index in [2.05, 4.69) is 31.3 Å². The van der Waals surface area contributed by atoms with E-state index in [1.165, 1.54) is 25.7 Å². The number of hydrogen-bond donors (Lipinski definition) is 1. The molecule has 0 radical (unpaired) electrons. The molecule has 3 nitrogen and oxygen atoms in total. The molecule has 0 aromatic heterocycles. The van der Waals surface area contributed by atoms with Crippen molar-refractivity contribution in [2.45, 2.75) is 45.6 Å². The zero-order chi connectivity index (χ0) is 14.4. The molecular formula is C17H27NO2. The Labute approximate surface area is 122 Å². The summed E-state index contributed by atoms with van der Waals surface area (Å²) < 4.78 is 10.7. The van der Waals surface area contributed by atoms with Crippen LogP contribution < -0.4 is 10.1 Å². The molecule has 1 aromatic rings. The Morgan fingerprint density at radius 3 is 2.85 bits per heavy atom. The van der Waals surface area contributed by atoms with Crippen LogP contribution in [0.2, 0.25) is 0 Å². The Kier molecular flexibility index (Phi) is 5.30. The maximum absolute atomic E-state index is 5.66. The van der Waals surface area contributed by atoms with Crippen LogP contribution >= 0.6 is 0 Å². The number of methoxy groups -OCH3 is 1. The van der Waals surface area contributed by atoms with Crippen LogP contribution in [-0.2, 0) is 4.74 Å². The van der Waals surface area contributed by atoms with Crippen LogP contribution in [0.4, 0.5) is 5.69 Å². The van der Waals surface area contributed by atoms with Gasteiger partial charge < -0.3 is 14.8 Å². The highest BCUT2D eigenvalue weighted by Gasteiger charge is 2.31. The van der Waals surface area contributed by atoms with Crippen LogP contribution in [-0.4, -0.2) is 26.4 Å². The van der Waals surface area contributed by atoms with E-state index in [1.807, 2.05) is 12.1 Å². The van der Waals surface area contributed by atoms with Crippen molar-refractivity contribution >= 4 is 5.69 Å². The summed E-state index contributed by atoms with van der Waals surface area (Å²) in [7, 11) is 1.69. The number of rotatable bonds is 6. The second-order valence-electron chi connectivity index (χ2n) is 6.30. The summed E-state index contributed by atoms with van der Waals surface area (Å²) >= 11 is 0. The standard InChI is InChI=1S/C17H27NO2/c1-17(2)10-5-4-9-16(17)18-14-7-6-8-15(13-14)20-12-11-19-3/h6-8,13,16,18H,4-5,9-12H2,1-3H3. The average molecular weight is 277 g/mol. The van der Waals surface area contributed by atoms with Crippen molar-refractivity contribution in [3.05, 3.63) is 24.3 Å². The van der Waals surface area contributed by atoms with Gasteiger partial charge in [-0.25, -0.2) is 0 Å². The summed E-state index contributed by atoms with van der Waals surface area (Å²) in [5, 5.41) is 3.69. The van der Waals surface area contributed by atoms with Gasteiger partial charge in [-0.2, -0.15) is 0 Å². The molecule has 1 N–H and O–H groups in total. The SMILES string of the molecule is COCCOc1cccc(NC2CCCCC2(C)C)c1. The first kappa shape index (κ1) is 15.2. The molecule has 0 spiro atoms. The van der Waals surface area contributed by atoms with Gasteiger partial charge in [0.05, 0.1) is 6.61 Å². The Morgan fingerprint density at radius 2 is 2.10 bits per heavy atom. The van der Waals surface area contributed by atoms with Crippen LogP contribution in [0.1, 0.15) is 39.5 Å². The zero-order valence-corrected chi connectivity index (χ0v) is 12.9. The van der Waals surface area contributed by atoms with Crippen LogP contribution in [0.25, 0.3) is 0 Å². The predicted octanol–water partition coefficient (Wildman–Crippen LogP) is 4.09. The Bertz CT molecular complexity index is 417. The van der Waals surface area contributed by atoms with Crippen LogP contribution in [0.15, 0.2) is 24.3 Å². The van der Waals surface area contributed by atoms with Gasteiger partial charge in [-0.3, -0.25) is 0 Å². The number of ether oxygens (including phenoxy) is 2. The van der Waals surface area contributed by atoms with Gasteiger partial charge in [-0.05, 0) is 30.4 Å². The van der Waals surface area contributed by atoms with Gasteiger partial charge in [0.1, 0.15) is 12.4 Å². The lowest BCUT2D eigenvalue weighted by Crippen LogP contribution is -2.38. The molecule has 1 aromatic carbocycles. The van der Waals surface area contributed by atoms with Crippen molar-refractivity contribution < 1.29 is 9.47 Å². The lowest BCUT2D eigenvalue weighted by molar-refractivity contribution is 0.146.